The quantitative estimate of drug-likeness (QED) is 0.769. The van der Waals surface area contributed by atoms with Crippen molar-refractivity contribution in [3.05, 3.63) is 30.1 Å². The number of benzene rings is 1. The van der Waals surface area contributed by atoms with Gasteiger partial charge < -0.3 is 15.5 Å². The largest absolute Gasteiger partial charge is 0.339 e. The molecule has 7 heteroatoms. The molecule has 1 saturated carbocycles. The maximum Gasteiger partial charge on any atom is 0.238 e. The molecule has 2 fully saturated rings. The van der Waals surface area contributed by atoms with E-state index in [4.69, 9.17) is 0 Å². The second-order valence-corrected chi connectivity index (χ2v) is 6.79. The van der Waals surface area contributed by atoms with Gasteiger partial charge in [0.15, 0.2) is 0 Å². The number of amides is 2. The number of halogens is 1. The molecule has 6 nitrogen and oxygen atoms in total. The molecule has 1 heterocycles. The number of nitrogens with one attached hydrogen (secondary N) is 2. The van der Waals surface area contributed by atoms with E-state index in [1.165, 1.54) is 25.0 Å². The van der Waals surface area contributed by atoms with Crippen molar-refractivity contribution in [2.45, 2.75) is 12.8 Å². The van der Waals surface area contributed by atoms with E-state index in [0.29, 0.717) is 38.4 Å². The van der Waals surface area contributed by atoms with Gasteiger partial charge in [-0.3, -0.25) is 14.5 Å². The summed E-state index contributed by atoms with van der Waals surface area (Å²) < 4.78 is 12.9. The third kappa shape index (κ3) is 5.79. The van der Waals surface area contributed by atoms with Crippen LogP contribution in [0.4, 0.5) is 10.1 Å². The van der Waals surface area contributed by atoms with Gasteiger partial charge in [-0.2, -0.15) is 0 Å². The van der Waals surface area contributed by atoms with Crippen molar-refractivity contribution in [1.29, 1.82) is 0 Å². The number of rotatable bonds is 7. The Kier molecular flexibility index (Phi) is 5.99. The topological polar surface area (TPSA) is 64.7 Å². The zero-order valence-corrected chi connectivity index (χ0v) is 14.3. The summed E-state index contributed by atoms with van der Waals surface area (Å²) in [5.41, 5.74) is 0.585. The van der Waals surface area contributed by atoms with Crippen molar-refractivity contribution in [1.82, 2.24) is 15.1 Å². The highest BCUT2D eigenvalue weighted by molar-refractivity contribution is 5.92. The monoisotopic (exact) mass is 348 g/mol. The third-order valence-electron chi connectivity index (χ3n) is 4.63. The van der Waals surface area contributed by atoms with Crippen molar-refractivity contribution >= 4 is 17.5 Å². The Morgan fingerprint density at radius 1 is 1.08 bits per heavy atom. The standard InChI is InChI=1S/C18H25FN4O2/c19-15-3-5-16(6-4-15)21-17(24)13-22-7-9-23(10-8-22)18(25)12-20-11-14-1-2-14/h3-6,14,20H,1-2,7-13H2,(H,21,24). The molecule has 136 valence electrons. The molecule has 25 heavy (non-hydrogen) atoms. The summed E-state index contributed by atoms with van der Waals surface area (Å²) in [4.78, 5) is 28.1. The fraction of sp³-hybridized carbons (Fsp3) is 0.556. The average Bonchev–Trinajstić information content (AvgIpc) is 3.42. The van der Waals surface area contributed by atoms with E-state index in [9.17, 15) is 14.0 Å². The molecule has 1 aromatic carbocycles. The zero-order valence-electron chi connectivity index (χ0n) is 14.3. The molecule has 3 rings (SSSR count). The predicted molar refractivity (Wildman–Crippen MR) is 93.6 cm³/mol. The molecule has 1 saturated heterocycles. The lowest BCUT2D eigenvalue weighted by atomic mass is 10.3. The second-order valence-electron chi connectivity index (χ2n) is 6.79. The zero-order chi connectivity index (χ0) is 17.6. The van der Waals surface area contributed by atoms with E-state index in [-0.39, 0.29) is 24.2 Å². The smallest absolute Gasteiger partial charge is 0.238 e. The summed E-state index contributed by atoms with van der Waals surface area (Å²) in [6, 6.07) is 5.71. The number of anilines is 1. The molecule has 0 spiro atoms. The highest BCUT2D eigenvalue weighted by Crippen LogP contribution is 2.27. The first-order chi connectivity index (χ1) is 12.1. The lowest BCUT2D eigenvalue weighted by Crippen LogP contribution is -2.52. The minimum atomic E-state index is -0.328. The fourth-order valence-electron chi connectivity index (χ4n) is 2.91. The molecule has 1 aliphatic carbocycles. The molecule has 1 aromatic rings. The van der Waals surface area contributed by atoms with Crippen LogP contribution >= 0.6 is 0 Å². The van der Waals surface area contributed by atoms with E-state index in [0.717, 1.165) is 12.5 Å². The molecule has 0 radical (unpaired) electrons. The van der Waals surface area contributed by atoms with Gasteiger partial charge in [0.25, 0.3) is 0 Å². The maximum atomic E-state index is 12.9. The van der Waals surface area contributed by atoms with Crippen LogP contribution < -0.4 is 10.6 Å². The Bertz CT molecular complexity index is 596. The van der Waals surface area contributed by atoms with Gasteiger partial charge in [-0.1, -0.05) is 0 Å². The Morgan fingerprint density at radius 3 is 2.40 bits per heavy atom. The van der Waals surface area contributed by atoms with Crippen LogP contribution in [0.25, 0.3) is 0 Å². The lowest BCUT2D eigenvalue weighted by Gasteiger charge is -2.34. The van der Waals surface area contributed by atoms with Crippen LogP contribution in [-0.2, 0) is 9.59 Å². The lowest BCUT2D eigenvalue weighted by molar-refractivity contribution is -0.132. The molecule has 1 aliphatic heterocycles. The van der Waals surface area contributed by atoms with Crippen LogP contribution in [0, 0.1) is 11.7 Å². The predicted octanol–water partition coefficient (Wildman–Crippen LogP) is 0.908. The van der Waals surface area contributed by atoms with E-state index in [1.807, 2.05) is 9.80 Å². The van der Waals surface area contributed by atoms with E-state index in [2.05, 4.69) is 10.6 Å². The van der Waals surface area contributed by atoms with Crippen LogP contribution in [0.2, 0.25) is 0 Å². The van der Waals surface area contributed by atoms with Gasteiger partial charge in [0.05, 0.1) is 13.1 Å². The van der Waals surface area contributed by atoms with Gasteiger partial charge in [-0.05, 0) is 49.6 Å². The van der Waals surface area contributed by atoms with E-state index < -0.39 is 0 Å². The molecule has 2 amide bonds. The van der Waals surface area contributed by atoms with E-state index in [1.54, 1.807) is 12.1 Å². The Balaban J connectivity index is 1.34. The molecule has 0 bridgehead atoms. The van der Waals surface area contributed by atoms with E-state index >= 15 is 0 Å². The minimum absolute atomic E-state index is 0.127. The molecular formula is C18H25FN4O2. The van der Waals surface area contributed by atoms with Crippen LogP contribution in [-0.4, -0.2) is 67.4 Å². The maximum absolute atomic E-state index is 12.9. The number of hydrogen-bond acceptors (Lipinski definition) is 4. The summed E-state index contributed by atoms with van der Waals surface area (Å²) >= 11 is 0. The first-order valence-corrected chi connectivity index (χ1v) is 8.86. The number of carbonyl (C=O) groups excluding carboxylic acids is 2. The van der Waals surface area contributed by atoms with Gasteiger partial charge in [0, 0.05) is 31.9 Å². The first kappa shape index (κ1) is 17.8. The Hall–Kier alpha value is -1.99. The van der Waals surface area contributed by atoms with Gasteiger partial charge in [-0.15, -0.1) is 0 Å². The van der Waals surface area contributed by atoms with Gasteiger partial charge in [0.2, 0.25) is 11.8 Å². The van der Waals surface area contributed by atoms with Crippen molar-refractivity contribution in [2.24, 2.45) is 5.92 Å². The molecule has 0 atom stereocenters. The number of hydrogen-bond donors (Lipinski definition) is 2. The van der Waals surface area contributed by atoms with Crippen LogP contribution in [0.3, 0.4) is 0 Å². The summed E-state index contributed by atoms with van der Waals surface area (Å²) in [5, 5.41) is 5.98. The molecule has 0 aromatic heterocycles. The summed E-state index contributed by atoms with van der Waals surface area (Å²) in [6.45, 7) is 4.29. The summed E-state index contributed by atoms with van der Waals surface area (Å²) in [5.74, 6) is 0.447. The van der Waals surface area contributed by atoms with Gasteiger partial charge in [-0.25, -0.2) is 4.39 Å². The second kappa shape index (κ2) is 8.40. The molecular weight excluding hydrogens is 323 g/mol. The number of piperazine rings is 1. The van der Waals surface area contributed by atoms with Crippen LogP contribution in [0.1, 0.15) is 12.8 Å². The molecule has 0 unspecified atom stereocenters. The SMILES string of the molecule is O=C(CN1CCN(C(=O)CNCC2CC2)CC1)Nc1ccc(F)cc1. The van der Waals surface area contributed by atoms with Crippen molar-refractivity contribution in [2.75, 3.05) is 51.1 Å². The average molecular weight is 348 g/mol. The van der Waals surface area contributed by atoms with Gasteiger partial charge in [0.1, 0.15) is 5.82 Å². The van der Waals surface area contributed by atoms with Crippen LogP contribution in [0.15, 0.2) is 24.3 Å². The molecule has 2 N–H and O–H groups in total. The first-order valence-electron chi connectivity index (χ1n) is 8.86. The third-order valence-corrected chi connectivity index (χ3v) is 4.63. The number of carbonyl (C=O) groups is 2. The van der Waals surface area contributed by atoms with Gasteiger partial charge >= 0.3 is 0 Å². The Morgan fingerprint density at radius 2 is 1.76 bits per heavy atom. The van der Waals surface area contributed by atoms with Crippen molar-refractivity contribution in [3.8, 4) is 0 Å². The van der Waals surface area contributed by atoms with Crippen LogP contribution in [0.5, 0.6) is 0 Å². The summed E-state index contributed by atoms with van der Waals surface area (Å²) in [6.07, 6.45) is 2.56. The number of nitrogens with zero attached hydrogens (tertiary/aromatic N) is 2. The Labute approximate surface area is 147 Å². The molecule has 2 aliphatic rings. The van der Waals surface area contributed by atoms with Crippen molar-refractivity contribution < 1.29 is 14.0 Å². The minimum Gasteiger partial charge on any atom is -0.339 e. The fourth-order valence-corrected chi connectivity index (χ4v) is 2.91. The van der Waals surface area contributed by atoms with Crippen molar-refractivity contribution in [3.63, 3.8) is 0 Å². The highest BCUT2D eigenvalue weighted by atomic mass is 19.1. The normalized spacial score (nSPS) is 18.2. The highest BCUT2D eigenvalue weighted by Gasteiger charge is 2.24. The summed E-state index contributed by atoms with van der Waals surface area (Å²) in [7, 11) is 0.